The molecule has 120 valence electrons. The number of nitrogens with zero attached hydrogens (tertiary/aromatic N) is 3. The van der Waals surface area contributed by atoms with Gasteiger partial charge in [0, 0.05) is 33.2 Å². The molecule has 2 aliphatic heterocycles. The fourth-order valence-corrected chi connectivity index (χ4v) is 4.59. The van der Waals surface area contributed by atoms with Gasteiger partial charge in [0.1, 0.15) is 0 Å². The van der Waals surface area contributed by atoms with Crippen LogP contribution in [0.2, 0.25) is 0 Å². The minimum atomic E-state index is 0.783. The molecule has 1 aliphatic carbocycles. The fraction of sp³-hybridized carbons (Fsp3) is 0.941. The lowest BCUT2D eigenvalue weighted by Gasteiger charge is -2.31. The van der Waals surface area contributed by atoms with Gasteiger partial charge in [-0.2, -0.15) is 0 Å². The largest absolute Gasteiger partial charge is 0.356 e. The van der Waals surface area contributed by atoms with Crippen LogP contribution in [0.25, 0.3) is 0 Å². The molecule has 0 aromatic rings. The molecule has 2 saturated heterocycles. The number of nitrogens with one attached hydrogen (secondary N) is 1. The van der Waals surface area contributed by atoms with Gasteiger partial charge in [-0.05, 0) is 57.0 Å². The first-order valence-corrected chi connectivity index (χ1v) is 8.90. The first-order valence-electron chi connectivity index (χ1n) is 8.90. The van der Waals surface area contributed by atoms with E-state index in [-0.39, 0.29) is 0 Å². The van der Waals surface area contributed by atoms with Crippen molar-refractivity contribution in [1.82, 2.24) is 15.1 Å². The van der Waals surface area contributed by atoms with Crippen LogP contribution in [0.1, 0.15) is 38.5 Å². The summed E-state index contributed by atoms with van der Waals surface area (Å²) in [6.07, 6.45) is 8.46. The Morgan fingerprint density at radius 1 is 1.05 bits per heavy atom. The summed E-state index contributed by atoms with van der Waals surface area (Å²) in [4.78, 5) is 9.53. The number of rotatable bonds is 2. The Morgan fingerprint density at radius 2 is 1.76 bits per heavy atom. The van der Waals surface area contributed by atoms with Gasteiger partial charge in [-0.3, -0.25) is 4.99 Å². The Kier molecular flexibility index (Phi) is 5.04. The smallest absolute Gasteiger partial charge is 0.193 e. The van der Waals surface area contributed by atoms with Gasteiger partial charge in [-0.1, -0.05) is 12.8 Å². The lowest BCUT2D eigenvalue weighted by Crippen LogP contribution is -2.45. The van der Waals surface area contributed by atoms with Crippen LogP contribution >= 0.6 is 0 Å². The van der Waals surface area contributed by atoms with Gasteiger partial charge in [-0.25, -0.2) is 0 Å². The van der Waals surface area contributed by atoms with Crippen LogP contribution in [0.15, 0.2) is 4.99 Å². The Balaban J connectivity index is 1.49. The minimum Gasteiger partial charge on any atom is -0.356 e. The van der Waals surface area contributed by atoms with Crippen molar-refractivity contribution in [3.8, 4) is 0 Å². The molecule has 0 radical (unpaired) electrons. The maximum absolute atomic E-state index is 4.55. The zero-order valence-electron chi connectivity index (χ0n) is 13.9. The third-order valence-corrected chi connectivity index (χ3v) is 5.76. The first-order chi connectivity index (χ1) is 10.3. The number of hydrogen-bond acceptors (Lipinski definition) is 2. The summed E-state index contributed by atoms with van der Waals surface area (Å²) in [6, 6.07) is 0. The molecule has 1 saturated carbocycles. The molecule has 3 unspecified atom stereocenters. The number of aliphatic imine (C=N–C) groups is 1. The Labute approximate surface area is 130 Å². The van der Waals surface area contributed by atoms with E-state index in [1.54, 1.807) is 0 Å². The highest BCUT2D eigenvalue weighted by Crippen LogP contribution is 2.35. The SMILES string of the molecule is CN=C(NCC1CCCN(C)C1)N1CC2CCCCC2C1. The molecule has 0 aromatic carbocycles. The predicted molar refractivity (Wildman–Crippen MR) is 88.6 cm³/mol. The van der Waals surface area contributed by atoms with Crippen LogP contribution in [0, 0.1) is 17.8 Å². The minimum absolute atomic E-state index is 0.783. The van der Waals surface area contributed by atoms with Crippen molar-refractivity contribution < 1.29 is 0 Å². The van der Waals surface area contributed by atoms with Crippen molar-refractivity contribution in [1.29, 1.82) is 0 Å². The van der Waals surface area contributed by atoms with Crippen molar-refractivity contribution in [3.63, 3.8) is 0 Å². The van der Waals surface area contributed by atoms with Gasteiger partial charge >= 0.3 is 0 Å². The second kappa shape index (κ2) is 6.99. The lowest BCUT2D eigenvalue weighted by atomic mass is 9.82. The third-order valence-electron chi connectivity index (χ3n) is 5.76. The summed E-state index contributed by atoms with van der Waals surface area (Å²) in [7, 11) is 4.18. The Bertz CT molecular complexity index is 354. The molecule has 2 heterocycles. The van der Waals surface area contributed by atoms with Crippen molar-refractivity contribution in [2.75, 3.05) is 46.8 Å². The molecule has 4 heteroatoms. The first kappa shape index (κ1) is 15.1. The average Bonchev–Trinajstić information content (AvgIpc) is 2.91. The summed E-state index contributed by atoms with van der Waals surface area (Å²) >= 11 is 0. The van der Waals surface area contributed by atoms with Crippen molar-refractivity contribution in [3.05, 3.63) is 0 Å². The Morgan fingerprint density at radius 3 is 2.38 bits per heavy atom. The number of guanidine groups is 1. The number of hydrogen-bond donors (Lipinski definition) is 1. The molecule has 21 heavy (non-hydrogen) atoms. The van der Waals surface area contributed by atoms with Gasteiger partial charge in [-0.15, -0.1) is 0 Å². The molecule has 0 amide bonds. The van der Waals surface area contributed by atoms with Gasteiger partial charge in [0.15, 0.2) is 5.96 Å². The maximum Gasteiger partial charge on any atom is 0.193 e. The van der Waals surface area contributed by atoms with Crippen LogP contribution in [-0.4, -0.2) is 62.6 Å². The van der Waals surface area contributed by atoms with Gasteiger partial charge in [0.2, 0.25) is 0 Å². The molecular formula is C17H32N4. The fourth-order valence-electron chi connectivity index (χ4n) is 4.59. The van der Waals surface area contributed by atoms with E-state index in [1.807, 2.05) is 7.05 Å². The summed E-state index contributed by atoms with van der Waals surface area (Å²) in [6.45, 7) is 6.04. The zero-order valence-corrected chi connectivity index (χ0v) is 13.9. The molecule has 3 aliphatic rings. The van der Waals surface area contributed by atoms with Gasteiger partial charge < -0.3 is 15.1 Å². The van der Waals surface area contributed by atoms with Crippen LogP contribution in [-0.2, 0) is 0 Å². The van der Waals surface area contributed by atoms with Gasteiger partial charge in [0.25, 0.3) is 0 Å². The molecule has 0 aromatic heterocycles. The number of fused-ring (bicyclic) bond motifs is 1. The maximum atomic E-state index is 4.55. The van der Waals surface area contributed by atoms with E-state index in [0.717, 1.165) is 30.3 Å². The van der Waals surface area contributed by atoms with E-state index >= 15 is 0 Å². The normalized spacial score (nSPS) is 34.9. The molecule has 1 N–H and O–H groups in total. The molecular weight excluding hydrogens is 260 g/mol. The van der Waals surface area contributed by atoms with E-state index in [2.05, 4.69) is 27.2 Å². The molecule has 3 fully saturated rings. The van der Waals surface area contributed by atoms with E-state index in [9.17, 15) is 0 Å². The highest BCUT2D eigenvalue weighted by molar-refractivity contribution is 5.80. The van der Waals surface area contributed by atoms with Crippen LogP contribution < -0.4 is 5.32 Å². The molecule has 4 nitrogen and oxygen atoms in total. The number of likely N-dealkylation sites (tertiary alicyclic amines) is 2. The second-order valence-corrected chi connectivity index (χ2v) is 7.41. The van der Waals surface area contributed by atoms with E-state index in [1.165, 1.54) is 64.7 Å². The van der Waals surface area contributed by atoms with Crippen molar-refractivity contribution in [2.45, 2.75) is 38.5 Å². The summed E-state index contributed by atoms with van der Waals surface area (Å²) < 4.78 is 0. The number of piperidine rings is 1. The average molecular weight is 292 g/mol. The molecule has 3 rings (SSSR count). The highest BCUT2D eigenvalue weighted by atomic mass is 15.3. The Hall–Kier alpha value is -0.770. The molecule has 3 atom stereocenters. The quantitative estimate of drug-likeness (QED) is 0.624. The van der Waals surface area contributed by atoms with E-state index in [4.69, 9.17) is 0 Å². The molecule has 0 bridgehead atoms. The topological polar surface area (TPSA) is 30.9 Å². The summed E-state index contributed by atoms with van der Waals surface area (Å²) in [5.74, 6) is 3.79. The van der Waals surface area contributed by atoms with E-state index in [0.29, 0.717) is 0 Å². The summed E-state index contributed by atoms with van der Waals surface area (Å²) in [5.41, 5.74) is 0. The zero-order chi connectivity index (χ0) is 14.7. The standard InChI is InChI=1S/C17H32N4/c1-18-17(19-10-14-6-5-9-20(2)11-14)21-12-15-7-3-4-8-16(15)13-21/h14-16H,3-13H2,1-2H3,(H,18,19). The monoisotopic (exact) mass is 292 g/mol. The van der Waals surface area contributed by atoms with Crippen LogP contribution in [0.5, 0.6) is 0 Å². The van der Waals surface area contributed by atoms with Crippen molar-refractivity contribution in [2.24, 2.45) is 22.7 Å². The van der Waals surface area contributed by atoms with E-state index < -0.39 is 0 Å². The van der Waals surface area contributed by atoms with Gasteiger partial charge in [0.05, 0.1) is 0 Å². The van der Waals surface area contributed by atoms with Crippen molar-refractivity contribution >= 4 is 5.96 Å². The predicted octanol–water partition coefficient (Wildman–Crippen LogP) is 2.03. The second-order valence-electron chi connectivity index (χ2n) is 7.41. The van der Waals surface area contributed by atoms with Crippen LogP contribution in [0.4, 0.5) is 0 Å². The highest BCUT2D eigenvalue weighted by Gasteiger charge is 2.35. The third kappa shape index (κ3) is 3.71. The van der Waals surface area contributed by atoms with Crippen LogP contribution in [0.3, 0.4) is 0 Å². The lowest BCUT2D eigenvalue weighted by molar-refractivity contribution is 0.209. The molecule has 0 spiro atoms. The summed E-state index contributed by atoms with van der Waals surface area (Å²) in [5, 5.41) is 3.66.